The molecule has 0 fully saturated rings. The molecule has 1 rings (SSSR count). The number of rotatable bonds is 2. The van der Waals surface area contributed by atoms with E-state index in [0.29, 0.717) is 5.69 Å². The molecule has 3 nitrogen and oxygen atoms in total. The van der Waals surface area contributed by atoms with Gasteiger partial charge in [-0.3, -0.25) is 4.79 Å². The van der Waals surface area contributed by atoms with Crippen LogP contribution in [0.25, 0.3) is 0 Å². The van der Waals surface area contributed by atoms with Crippen LogP contribution in [0.2, 0.25) is 0 Å². The monoisotopic (exact) mass is 178 g/mol. The van der Waals surface area contributed by atoms with E-state index in [1.54, 1.807) is 12.4 Å². The molecule has 2 N–H and O–H groups in total. The van der Waals surface area contributed by atoms with Crippen LogP contribution in [0.4, 0.5) is 5.69 Å². The second kappa shape index (κ2) is 3.94. The van der Waals surface area contributed by atoms with Gasteiger partial charge in [-0.05, 0) is 13.8 Å². The number of pyridine rings is 1. The molecule has 0 spiro atoms. The smallest absolute Gasteiger partial charge is 0.204 e. The molecule has 0 aliphatic carbocycles. The van der Waals surface area contributed by atoms with Gasteiger partial charge in [0, 0.05) is 25.0 Å². The largest absolute Gasteiger partial charge is 0.394 e. The normalized spacial score (nSPS) is 9.69. The van der Waals surface area contributed by atoms with Crippen molar-refractivity contribution in [3.63, 3.8) is 0 Å². The predicted molar refractivity (Wildman–Crippen MR) is 54.5 cm³/mol. The van der Waals surface area contributed by atoms with E-state index < -0.39 is 0 Å². The summed E-state index contributed by atoms with van der Waals surface area (Å²) in [5, 5.41) is 0. The molecular formula is C10H14N2O. The lowest BCUT2D eigenvalue weighted by Crippen LogP contribution is -2.10. The summed E-state index contributed by atoms with van der Waals surface area (Å²) >= 11 is 0. The highest BCUT2D eigenvalue weighted by atomic mass is 16.1. The Labute approximate surface area is 77.5 Å². The van der Waals surface area contributed by atoms with Gasteiger partial charge in [0.1, 0.15) is 0 Å². The van der Waals surface area contributed by atoms with Crippen molar-refractivity contribution in [1.29, 1.82) is 0 Å². The standard InChI is InChI=1S/C10H14N2O/c1-8(2)3-5-12-6-4-10(13)9(11)7-12/h3-4,6-7H,5,11H2,1-2H3. The summed E-state index contributed by atoms with van der Waals surface area (Å²) in [5.41, 5.74) is 6.90. The number of allylic oxidation sites excluding steroid dienone is 2. The van der Waals surface area contributed by atoms with Gasteiger partial charge in [0.15, 0.2) is 0 Å². The summed E-state index contributed by atoms with van der Waals surface area (Å²) in [5.74, 6) is 0. The maximum Gasteiger partial charge on any atom is 0.204 e. The molecule has 0 aliphatic rings. The first-order chi connectivity index (χ1) is 6.09. The van der Waals surface area contributed by atoms with Crippen molar-refractivity contribution >= 4 is 5.69 Å². The van der Waals surface area contributed by atoms with Gasteiger partial charge in [0.05, 0.1) is 5.69 Å². The summed E-state index contributed by atoms with van der Waals surface area (Å²) in [7, 11) is 0. The Bertz CT molecular complexity index is 373. The van der Waals surface area contributed by atoms with Gasteiger partial charge in [-0.1, -0.05) is 11.6 Å². The summed E-state index contributed by atoms with van der Waals surface area (Å²) in [6.07, 6.45) is 5.46. The number of nitrogen functional groups attached to an aromatic ring is 1. The van der Waals surface area contributed by atoms with Crippen molar-refractivity contribution in [2.24, 2.45) is 0 Å². The summed E-state index contributed by atoms with van der Waals surface area (Å²) in [6, 6.07) is 1.48. The molecule has 0 atom stereocenters. The summed E-state index contributed by atoms with van der Waals surface area (Å²) in [4.78, 5) is 11.0. The number of anilines is 1. The van der Waals surface area contributed by atoms with Gasteiger partial charge in [-0.2, -0.15) is 0 Å². The van der Waals surface area contributed by atoms with Crippen molar-refractivity contribution in [2.45, 2.75) is 20.4 Å². The van der Waals surface area contributed by atoms with E-state index in [1.807, 2.05) is 18.4 Å². The molecule has 0 amide bonds. The molecule has 0 unspecified atom stereocenters. The zero-order valence-corrected chi connectivity index (χ0v) is 7.95. The molecule has 0 saturated heterocycles. The van der Waals surface area contributed by atoms with Gasteiger partial charge in [0.25, 0.3) is 0 Å². The molecule has 1 aromatic heterocycles. The number of nitrogens with zero attached hydrogens (tertiary/aromatic N) is 1. The van der Waals surface area contributed by atoms with Gasteiger partial charge in [-0.15, -0.1) is 0 Å². The van der Waals surface area contributed by atoms with Gasteiger partial charge < -0.3 is 10.3 Å². The highest BCUT2D eigenvalue weighted by Crippen LogP contribution is 1.96. The van der Waals surface area contributed by atoms with E-state index >= 15 is 0 Å². The van der Waals surface area contributed by atoms with E-state index in [0.717, 1.165) is 6.54 Å². The minimum Gasteiger partial charge on any atom is -0.394 e. The van der Waals surface area contributed by atoms with E-state index in [2.05, 4.69) is 6.08 Å². The lowest BCUT2D eigenvalue weighted by Gasteiger charge is -2.03. The van der Waals surface area contributed by atoms with Gasteiger partial charge in [0.2, 0.25) is 5.43 Å². The van der Waals surface area contributed by atoms with Crippen molar-refractivity contribution < 1.29 is 0 Å². The lowest BCUT2D eigenvalue weighted by atomic mass is 10.3. The van der Waals surface area contributed by atoms with Crippen LogP contribution in [0, 0.1) is 0 Å². The third-order valence-electron chi connectivity index (χ3n) is 1.72. The second-order valence-corrected chi connectivity index (χ2v) is 3.24. The SMILES string of the molecule is CC(C)=CCn1ccc(=O)c(N)c1. The van der Waals surface area contributed by atoms with E-state index in [-0.39, 0.29) is 5.43 Å². The van der Waals surface area contributed by atoms with Crippen molar-refractivity contribution in [2.75, 3.05) is 5.73 Å². The molecule has 1 aromatic rings. The molecule has 1 heterocycles. The summed E-state index contributed by atoms with van der Waals surface area (Å²) < 4.78 is 1.88. The summed E-state index contributed by atoms with van der Waals surface area (Å²) in [6.45, 7) is 4.82. The number of hydrogen-bond acceptors (Lipinski definition) is 2. The number of hydrogen-bond donors (Lipinski definition) is 1. The van der Waals surface area contributed by atoms with E-state index in [1.165, 1.54) is 11.6 Å². The Morgan fingerprint density at radius 1 is 1.62 bits per heavy atom. The predicted octanol–water partition coefficient (Wildman–Crippen LogP) is 1.40. The van der Waals surface area contributed by atoms with Crippen LogP contribution in [-0.2, 0) is 6.54 Å². The van der Waals surface area contributed by atoms with Crippen LogP contribution < -0.4 is 11.2 Å². The molecule has 70 valence electrons. The molecule has 0 radical (unpaired) electrons. The molecule has 3 heteroatoms. The Morgan fingerprint density at radius 3 is 2.85 bits per heavy atom. The Balaban J connectivity index is 2.86. The first-order valence-corrected chi connectivity index (χ1v) is 4.18. The van der Waals surface area contributed by atoms with Gasteiger partial charge >= 0.3 is 0 Å². The minimum atomic E-state index is -0.117. The highest BCUT2D eigenvalue weighted by Gasteiger charge is 1.92. The Morgan fingerprint density at radius 2 is 2.31 bits per heavy atom. The topological polar surface area (TPSA) is 48.0 Å². The van der Waals surface area contributed by atoms with E-state index in [4.69, 9.17) is 5.73 Å². The average Bonchev–Trinajstić information content (AvgIpc) is 2.07. The molecular weight excluding hydrogens is 164 g/mol. The fraction of sp³-hybridized carbons (Fsp3) is 0.300. The first kappa shape index (κ1) is 9.58. The second-order valence-electron chi connectivity index (χ2n) is 3.24. The average molecular weight is 178 g/mol. The Hall–Kier alpha value is -1.51. The third kappa shape index (κ3) is 2.78. The fourth-order valence-corrected chi connectivity index (χ4v) is 0.947. The van der Waals surface area contributed by atoms with Crippen LogP contribution in [0.15, 0.2) is 34.9 Å². The minimum absolute atomic E-state index is 0.117. The zero-order chi connectivity index (χ0) is 9.84. The maximum atomic E-state index is 11.0. The van der Waals surface area contributed by atoms with Gasteiger partial charge in [-0.25, -0.2) is 0 Å². The molecule has 0 bridgehead atoms. The van der Waals surface area contributed by atoms with Crippen LogP contribution in [0.3, 0.4) is 0 Å². The molecule has 0 aromatic carbocycles. The zero-order valence-electron chi connectivity index (χ0n) is 7.95. The number of aromatic nitrogens is 1. The van der Waals surface area contributed by atoms with Crippen molar-refractivity contribution in [1.82, 2.24) is 4.57 Å². The molecule has 13 heavy (non-hydrogen) atoms. The van der Waals surface area contributed by atoms with Crippen molar-refractivity contribution in [3.8, 4) is 0 Å². The van der Waals surface area contributed by atoms with E-state index in [9.17, 15) is 4.79 Å². The molecule has 0 saturated carbocycles. The van der Waals surface area contributed by atoms with Crippen LogP contribution in [0.1, 0.15) is 13.8 Å². The highest BCUT2D eigenvalue weighted by molar-refractivity contribution is 5.33. The Kier molecular flexibility index (Phi) is 2.90. The quantitative estimate of drug-likeness (QED) is 0.696. The number of nitrogens with two attached hydrogens (primary N) is 1. The van der Waals surface area contributed by atoms with Crippen LogP contribution in [0.5, 0.6) is 0 Å². The maximum absolute atomic E-state index is 11.0. The lowest BCUT2D eigenvalue weighted by molar-refractivity contribution is 0.807. The van der Waals surface area contributed by atoms with Crippen LogP contribution in [-0.4, -0.2) is 4.57 Å². The first-order valence-electron chi connectivity index (χ1n) is 4.18. The third-order valence-corrected chi connectivity index (χ3v) is 1.72. The van der Waals surface area contributed by atoms with Crippen molar-refractivity contribution in [3.05, 3.63) is 40.3 Å². The fourth-order valence-electron chi connectivity index (χ4n) is 0.947. The van der Waals surface area contributed by atoms with Crippen LogP contribution >= 0.6 is 0 Å². The molecule has 0 aliphatic heterocycles.